The third-order valence-electron chi connectivity index (χ3n) is 2.88. The maximum Gasteiger partial charge on any atom is 0.257 e. The fraction of sp³-hybridized carbons (Fsp3) is 0.615. The van der Waals surface area contributed by atoms with Crippen molar-refractivity contribution in [2.24, 2.45) is 23.9 Å². The van der Waals surface area contributed by atoms with Crippen molar-refractivity contribution in [3.63, 3.8) is 0 Å². The van der Waals surface area contributed by atoms with E-state index in [2.05, 4.69) is 10.3 Å². The largest absolute Gasteiger partial charge is 0.409 e. The molecule has 0 radical (unpaired) electrons. The molecular formula is C13H23N5O2. The molecule has 0 atom stereocenters. The number of hydrogen-bond acceptors (Lipinski definition) is 4. The van der Waals surface area contributed by atoms with Gasteiger partial charge in [-0.1, -0.05) is 19.0 Å². The van der Waals surface area contributed by atoms with Gasteiger partial charge in [-0.05, 0) is 12.8 Å². The zero-order valence-electron chi connectivity index (χ0n) is 12.5. The molecule has 1 aromatic heterocycles. The summed E-state index contributed by atoms with van der Waals surface area (Å²) < 4.78 is 1.62. The van der Waals surface area contributed by atoms with Crippen molar-refractivity contribution in [2.75, 3.05) is 13.1 Å². The molecule has 0 aromatic carbocycles. The van der Waals surface area contributed by atoms with Gasteiger partial charge in [0, 0.05) is 32.8 Å². The van der Waals surface area contributed by atoms with E-state index in [1.807, 2.05) is 20.8 Å². The Kier molecular flexibility index (Phi) is 5.54. The Morgan fingerprint density at radius 1 is 1.60 bits per heavy atom. The first-order valence-corrected chi connectivity index (χ1v) is 6.61. The van der Waals surface area contributed by atoms with Crippen LogP contribution in [0, 0.1) is 12.8 Å². The molecule has 1 rings (SSSR count). The minimum atomic E-state index is -0.0740. The van der Waals surface area contributed by atoms with Gasteiger partial charge in [-0.25, -0.2) is 0 Å². The topological polar surface area (TPSA) is 96.7 Å². The second kappa shape index (κ2) is 6.93. The van der Waals surface area contributed by atoms with Crippen LogP contribution in [0.25, 0.3) is 0 Å². The van der Waals surface area contributed by atoms with Crippen molar-refractivity contribution in [2.45, 2.75) is 27.2 Å². The minimum absolute atomic E-state index is 0.0740. The van der Waals surface area contributed by atoms with Crippen molar-refractivity contribution >= 4 is 11.7 Å². The van der Waals surface area contributed by atoms with E-state index in [4.69, 9.17) is 10.9 Å². The third-order valence-corrected chi connectivity index (χ3v) is 2.88. The Balaban J connectivity index is 2.86. The van der Waals surface area contributed by atoms with Gasteiger partial charge in [-0.2, -0.15) is 5.10 Å². The highest BCUT2D eigenvalue weighted by atomic mass is 16.4. The first-order chi connectivity index (χ1) is 9.35. The van der Waals surface area contributed by atoms with E-state index in [1.165, 1.54) is 0 Å². The second-order valence-corrected chi connectivity index (χ2v) is 5.29. The average Bonchev–Trinajstić information content (AvgIpc) is 2.71. The molecule has 7 heteroatoms. The number of carbonyl (C=O) groups is 1. The molecule has 0 aliphatic heterocycles. The first kappa shape index (κ1) is 16.0. The van der Waals surface area contributed by atoms with Crippen molar-refractivity contribution in [1.82, 2.24) is 14.7 Å². The number of hydrogen-bond donors (Lipinski definition) is 2. The molecule has 0 saturated carbocycles. The molecule has 1 amide bonds. The molecule has 7 nitrogen and oxygen atoms in total. The lowest BCUT2D eigenvalue weighted by Gasteiger charge is -2.24. The van der Waals surface area contributed by atoms with Crippen LogP contribution in [0.15, 0.2) is 11.4 Å². The number of rotatable bonds is 6. The maximum absolute atomic E-state index is 12.5. The highest BCUT2D eigenvalue weighted by Crippen LogP contribution is 2.11. The zero-order chi connectivity index (χ0) is 15.3. The summed E-state index contributed by atoms with van der Waals surface area (Å²) in [6, 6.07) is 0. The lowest BCUT2D eigenvalue weighted by molar-refractivity contribution is 0.0739. The normalized spacial score (nSPS) is 11.9. The standard InChI is InChI=1S/C13H23N5O2/c1-9(2)7-18(6-5-12(14)16-20)13(19)11-8-17(4)15-10(11)3/h8-9,20H,5-7H2,1-4H3,(H2,14,16). The summed E-state index contributed by atoms with van der Waals surface area (Å²) in [5.41, 5.74) is 6.76. The van der Waals surface area contributed by atoms with Crippen LogP contribution in [-0.2, 0) is 7.05 Å². The van der Waals surface area contributed by atoms with Crippen molar-refractivity contribution in [3.8, 4) is 0 Å². The zero-order valence-corrected chi connectivity index (χ0v) is 12.5. The summed E-state index contributed by atoms with van der Waals surface area (Å²) >= 11 is 0. The van der Waals surface area contributed by atoms with Crippen LogP contribution in [0.2, 0.25) is 0 Å². The summed E-state index contributed by atoms with van der Waals surface area (Å²) in [4.78, 5) is 14.3. The van der Waals surface area contributed by atoms with Gasteiger partial charge in [0.25, 0.3) is 5.91 Å². The molecule has 0 unspecified atom stereocenters. The summed E-state index contributed by atoms with van der Waals surface area (Å²) in [5.74, 6) is 0.382. The monoisotopic (exact) mass is 281 g/mol. The van der Waals surface area contributed by atoms with Crippen LogP contribution in [-0.4, -0.2) is 44.7 Å². The van der Waals surface area contributed by atoms with Crippen LogP contribution in [0.1, 0.15) is 36.3 Å². The van der Waals surface area contributed by atoms with Gasteiger partial charge >= 0.3 is 0 Å². The van der Waals surface area contributed by atoms with Crippen LogP contribution in [0.4, 0.5) is 0 Å². The summed E-state index contributed by atoms with van der Waals surface area (Å²) in [7, 11) is 1.78. The van der Waals surface area contributed by atoms with E-state index in [0.29, 0.717) is 36.7 Å². The SMILES string of the molecule is Cc1nn(C)cc1C(=O)N(CCC(N)=NO)CC(C)C. The molecule has 0 bridgehead atoms. The lowest BCUT2D eigenvalue weighted by Crippen LogP contribution is -2.37. The number of amidine groups is 1. The molecule has 0 fully saturated rings. The Bertz CT molecular complexity index is 493. The van der Waals surface area contributed by atoms with Crippen LogP contribution in [0.5, 0.6) is 0 Å². The lowest BCUT2D eigenvalue weighted by atomic mass is 10.1. The predicted molar refractivity (Wildman–Crippen MR) is 76.7 cm³/mol. The smallest absolute Gasteiger partial charge is 0.257 e. The van der Waals surface area contributed by atoms with E-state index >= 15 is 0 Å². The van der Waals surface area contributed by atoms with Gasteiger partial charge in [-0.15, -0.1) is 0 Å². The molecule has 0 saturated heterocycles. The molecular weight excluding hydrogens is 258 g/mol. The molecule has 0 aliphatic carbocycles. The fourth-order valence-corrected chi connectivity index (χ4v) is 2.00. The highest BCUT2D eigenvalue weighted by Gasteiger charge is 2.20. The number of oxime groups is 1. The highest BCUT2D eigenvalue weighted by molar-refractivity contribution is 5.95. The van der Waals surface area contributed by atoms with E-state index in [1.54, 1.807) is 22.8 Å². The third kappa shape index (κ3) is 4.25. The Morgan fingerprint density at radius 2 is 2.25 bits per heavy atom. The van der Waals surface area contributed by atoms with Gasteiger partial charge in [0.1, 0.15) is 5.84 Å². The predicted octanol–water partition coefficient (Wildman–Crippen LogP) is 0.963. The van der Waals surface area contributed by atoms with Gasteiger partial charge in [0.05, 0.1) is 11.3 Å². The van der Waals surface area contributed by atoms with Gasteiger partial charge < -0.3 is 15.8 Å². The van der Waals surface area contributed by atoms with Crippen molar-refractivity contribution < 1.29 is 10.0 Å². The van der Waals surface area contributed by atoms with Crippen LogP contribution >= 0.6 is 0 Å². The molecule has 3 N–H and O–H groups in total. The van der Waals surface area contributed by atoms with Gasteiger partial charge in [-0.3, -0.25) is 9.48 Å². The van der Waals surface area contributed by atoms with Crippen molar-refractivity contribution in [3.05, 3.63) is 17.5 Å². The number of nitrogens with two attached hydrogens (primary N) is 1. The van der Waals surface area contributed by atoms with E-state index in [0.717, 1.165) is 0 Å². The molecule has 1 aromatic rings. The van der Waals surface area contributed by atoms with Crippen LogP contribution < -0.4 is 5.73 Å². The van der Waals surface area contributed by atoms with E-state index in [-0.39, 0.29) is 11.7 Å². The number of aryl methyl sites for hydroxylation is 2. The van der Waals surface area contributed by atoms with Crippen LogP contribution in [0.3, 0.4) is 0 Å². The average molecular weight is 281 g/mol. The van der Waals surface area contributed by atoms with E-state index in [9.17, 15) is 4.79 Å². The Hall–Kier alpha value is -2.05. The van der Waals surface area contributed by atoms with Gasteiger partial charge in [0.2, 0.25) is 0 Å². The summed E-state index contributed by atoms with van der Waals surface area (Å²) in [6.45, 7) is 6.93. The second-order valence-electron chi connectivity index (χ2n) is 5.29. The summed E-state index contributed by atoms with van der Waals surface area (Å²) in [5, 5.41) is 15.7. The molecule has 1 heterocycles. The first-order valence-electron chi connectivity index (χ1n) is 6.61. The van der Waals surface area contributed by atoms with Gasteiger partial charge in [0.15, 0.2) is 0 Å². The quantitative estimate of drug-likeness (QED) is 0.351. The minimum Gasteiger partial charge on any atom is -0.409 e. The number of amides is 1. The molecule has 0 spiro atoms. The number of carbonyl (C=O) groups excluding carboxylic acids is 1. The van der Waals surface area contributed by atoms with Crippen molar-refractivity contribution in [1.29, 1.82) is 0 Å². The number of nitrogens with zero attached hydrogens (tertiary/aromatic N) is 4. The Labute approximate surface area is 119 Å². The summed E-state index contributed by atoms with van der Waals surface area (Å²) in [6.07, 6.45) is 2.06. The molecule has 20 heavy (non-hydrogen) atoms. The fourth-order valence-electron chi connectivity index (χ4n) is 2.00. The molecule has 0 aliphatic rings. The van der Waals surface area contributed by atoms with E-state index < -0.39 is 0 Å². The maximum atomic E-state index is 12.5. The Morgan fingerprint density at radius 3 is 2.70 bits per heavy atom. The molecule has 112 valence electrons. The number of aromatic nitrogens is 2.